The summed E-state index contributed by atoms with van der Waals surface area (Å²) in [5.41, 5.74) is 1.01. The average molecular weight is 363 g/mol. The highest BCUT2D eigenvalue weighted by molar-refractivity contribution is 5.80. The number of piperazine rings is 1. The van der Waals surface area contributed by atoms with Gasteiger partial charge in [-0.3, -0.25) is 9.89 Å². The van der Waals surface area contributed by atoms with Crippen molar-refractivity contribution in [3.8, 4) is 0 Å². The third-order valence-electron chi connectivity index (χ3n) is 5.71. The molecule has 7 nitrogen and oxygen atoms in total. The van der Waals surface area contributed by atoms with Gasteiger partial charge in [0.1, 0.15) is 6.26 Å². The van der Waals surface area contributed by atoms with Gasteiger partial charge in [-0.1, -0.05) is 24.4 Å². The number of hydrogen-bond donors (Lipinski definition) is 1. The zero-order chi connectivity index (χ0) is 18.2. The topological polar surface area (TPSA) is 60.1 Å². The molecule has 7 heteroatoms. The molecule has 0 radical (unpaired) electrons. The van der Waals surface area contributed by atoms with E-state index in [1.807, 2.05) is 13.1 Å². The summed E-state index contributed by atoms with van der Waals surface area (Å²) in [6.45, 7) is 6.94. The fraction of sp³-hybridized carbons (Fsp3) is 0.789. The van der Waals surface area contributed by atoms with Crippen LogP contribution >= 0.6 is 0 Å². The Kier molecular flexibility index (Phi) is 7.32. The highest BCUT2D eigenvalue weighted by Crippen LogP contribution is 2.21. The van der Waals surface area contributed by atoms with Crippen LogP contribution < -0.4 is 5.32 Å². The molecule has 2 aliphatic rings. The monoisotopic (exact) mass is 362 g/mol. The number of likely N-dealkylation sites (N-methyl/N-ethyl adjacent to an activating group) is 1. The summed E-state index contributed by atoms with van der Waals surface area (Å²) in [5, 5.41) is 7.56. The minimum absolute atomic E-state index is 0.771. The molecule has 1 saturated heterocycles. The molecule has 146 valence electrons. The van der Waals surface area contributed by atoms with Gasteiger partial charge < -0.3 is 19.6 Å². The molecule has 0 atom stereocenters. The molecule has 1 aliphatic heterocycles. The van der Waals surface area contributed by atoms with Crippen molar-refractivity contribution in [3.63, 3.8) is 0 Å². The molecule has 2 fully saturated rings. The van der Waals surface area contributed by atoms with Crippen molar-refractivity contribution < 1.29 is 4.52 Å². The van der Waals surface area contributed by atoms with Crippen LogP contribution in [0.4, 0.5) is 0 Å². The molecule has 26 heavy (non-hydrogen) atoms. The maximum absolute atomic E-state index is 4.92. The predicted molar refractivity (Wildman–Crippen MR) is 104 cm³/mol. The maximum atomic E-state index is 4.92. The van der Waals surface area contributed by atoms with Crippen LogP contribution in [0, 0.1) is 0 Å². The van der Waals surface area contributed by atoms with Crippen LogP contribution in [0.25, 0.3) is 0 Å². The second-order valence-electron chi connectivity index (χ2n) is 7.50. The smallest absolute Gasteiger partial charge is 0.193 e. The third kappa shape index (κ3) is 5.45. The number of aliphatic imine (C=N–C) groups is 1. The minimum atomic E-state index is 0.771. The van der Waals surface area contributed by atoms with Crippen molar-refractivity contribution in [2.75, 3.05) is 53.4 Å². The molecule has 3 rings (SSSR count). The Hall–Kier alpha value is -1.60. The van der Waals surface area contributed by atoms with Gasteiger partial charge >= 0.3 is 0 Å². The number of aromatic nitrogens is 1. The molecular formula is C19H34N6O. The Bertz CT molecular complexity index is 532. The molecule has 0 unspecified atom stereocenters. The standard InChI is InChI=1S/C19H34N6O/c1-20-19(21-9-10-23(2)18-6-4-3-5-7-18)25-13-11-24(12-14-25)16-17-8-15-26-22-17/h8,15,18H,3-7,9-14,16H2,1-2H3,(H,20,21). The highest BCUT2D eigenvalue weighted by atomic mass is 16.5. The lowest BCUT2D eigenvalue weighted by Crippen LogP contribution is -2.53. The van der Waals surface area contributed by atoms with Crippen molar-refractivity contribution in [2.24, 2.45) is 4.99 Å². The van der Waals surface area contributed by atoms with E-state index in [2.05, 4.69) is 37.2 Å². The Labute approximate surface area is 157 Å². The summed E-state index contributed by atoms with van der Waals surface area (Å²) in [5.74, 6) is 1.03. The zero-order valence-electron chi connectivity index (χ0n) is 16.4. The summed E-state index contributed by atoms with van der Waals surface area (Å²) in [7, 11) is 4.15. The highest BCUT2D eigenvalue weighted by Gasteiger charge is 2.21. The van der Waals surface area contributed by atoms with Crippen molar-refractivity contribution in [1.29, 1.82) is 0 Å². The first-order valence-electron chi connectivity index (χ1n) is 10.0. The number of guanidine groups is 1. The van der Waals surface area contributed by atoms with Gasteiger partial charge in [-0.15, -0.1) is 0 Å². The minimum Gasteiger partial charge on any atom is -0.364 e. The van der Waals surface area contributed by atoms with Gasteiger partial charge in [0.2, 0.25) is 0 Å². The lowest BCUT2D eigenvalue weighted by atomic mass is 9.94. The fourth-order valence-corrected chi connectivity index (χ4v) is 4.05. The lowest BCUT2D eigenvalue weighted by molar-refractivity contribution is 0.167. The van der Waals surface area contributed by atoms with Crippen molar-refractivity contribution in [1.82, 2.24) is 25.2 Å². The van der Waals surface area contributed by atoms with Gasteiger partial charge in [-0.05, 0) is 19.9 Å². The first-order valence-corrected chi connectivity index (χ1v) is 10.0. The Morgan fingerprint density at radius 3 is 2.69 bits per heavy atom. The zero-order valence-corrected chi connectivity index (χ0v) is 16.4. The average Bonchev–Trinajstić information content (AvgIpc) is 3.20. The summed E-state index contributed by atoms with van der Waals surface area (Å²) < 4.78 is 4.92. The third-order valence-corrected chi connectivity index (χ3v) is 5.71. The molecule has 1 aromatic heterocycles. The molecule has 1 aromatic rings. The van der Waals surface area contributed by atoms with Crippen molar-refractivity contribution in [3.05, 3.63) is 18.0 Å². The molecular weight excluding hydrogens is 328 g/mol. The van der Waals surface area contributed by atoms with E-state index in [1.165, 1.54) is 32.1 Å². The first-order chi connectivity index (χ1) is 12.8. The molecule has 2 heterocycles. The summed E-state index contributed by atoms with van der Waals surface area (Å²) in [6.07, 6.45) is 8.56. The van der Waals surface area contributed by atoms with E-state index in [0.29, 0.717) is 0 Å². The van der Waals surface area contributed by atoms with Crippen LogP contribution in [0.1, 0.15) is 37.8 Å². The predicted octanol–water partition coefficient (Wildman–Crippen LogP) is 1.63. The van der Waals surface area contributed by atoms with Crippen molar-refractivity contribution in [2.45, 2.75) is 44.7 Å². The quantitative estimate of drug-likeness (QED) is 0.613. The Morgan fingerprint density at radius 1 is 1.27 bits per heavy atom. The van der Waals surface area contributed by atoms with Gasteiger partial charge in [0, 0.05) is 65.0 Å². The van der Waals surface area contributed by atoms with Crippen LogP contribution in [0.15, 0.2) is 21.8 Å². The van der Waals surface area contributed by atoms with Gasteiger partial charge in [-0.25, -0.2) is 0 Å². The molecule has 1 saturated carbocycles. The molecule has 0 amide bonds. The Morgan fingerprint density at radius 2 is 2.04 bits per heavy atom. The van der Waals surface area contributed by atoms with E-state index >= 15 is 0 Å². The van der Waals surface area contributed by atoms with Crippen LogP contribution in [-0.4, -0.2) is 85.2 Å². The number of nitrogens with one attached hydrogen (secondary N) is 1. The summed E-state index contributed by atoms with van der Waals surface area (Å²) >= 11 is 0. The molecule has 0 spiro atoms. The molecule has 0 bridgehead atoms. The number of nitrogens with zero attached hydrogens (tertiary/aromatic N) is 5. The largest absolute Gasteiger partial charge is 0.364 e. The van der Waals surface area contributed by atoms with Gasteiger partial charge in [-0.2, -0.15) is 0 Å². The summed E-state index contributed by atoms with van der Waals surface area (Å²) in [4.78, 5) is 11.8. The lowest BCUT2D eigenvalue weighted by Gasteiger charge is -2.36. The van der Waals surface area contributed by atoms with Crippen molar-refractivity contribution >= 4 is 5.96 Å². The second kappa shape index (κ2) is 9.92. The fourth-order valence-electron chi connectivity index (χ4n) is 4.05. The van der Waals surface area contributed by atoms with Gasteiger partial charge in [0.15, 0.2) is 5.96 Å². The van der Waals surface area contributed by atoms with Crippen LogP contribution in [0.5, 0.6) is 0 Å². The van der Waals surface area contributed by atoms with E-state index in [0.717, 1.165) is 63.5 Å². The van der Waals surface area contributed by atoms with E-state index in [-0.39, 0.29) is 0 Å². The van der Waals surface area contributed by atoms with Gasteiger partial charge in [0.25, 0.3) is 0 Å². The normalized spacial score (nSPS) is 20.7. The van der Waals surface area contributed by atoms with E-state index < -0.39 is 0 Å². The van der Waals surface area contributed by atoms with Crippen LogP contribution in [0.3, 0.4) is 0 Å². The van der Waals surface area contributed by atoms with E-state index in [4.69, 9.17) is 4.52 Å². The van der Waals surface area contributed by atoms with E-state index in [1.54, 1.807) is 6.26 Å². The van der Waals surface area contributed by atoms with Crippen LogP contribution in [0.2, 0.25) is 0 Å². The number of hydrogen-bond acceptors (Lipinski definition) is 5. The molecule has 1 N–H and O–H groups in total. The first kappa shape index (κ1) is 19.2. The second-order valence-corrected chi connectivity index (χ2v) is 7.50. The van der Waals surface area contributed by atoms with Crippen LogP contribution in [-0.2, 0) is 6.54 Å². The maximum Gasteiger partial charge on any atom is 0.193 e. The SMILES string of the molecule is CN=C(NCCN(C)C1CCCCC1)N1CCN(Cc2ccon2)CC1. The number of rotatable bonds is 6. The Balaban J connectivity index is 1.36. The molecule has 1 aliphatic carbocycles. The molecule has 0 aromatic carbocycles. The van der Waals surface area contributed by atoms with E-state index in [9.17, 15) is 0 Å². The summed E-state index contributed by atoms with van der Waals surface area (Å²) in [6, 6.07) is 2.71. The van der Waals surface area contributed by atoms with Gasteiger partial charge in [0.05, 0.1) is 5.69 Å².